The summed E-state index contributed by atoms with van der Waals surface area (Å²) in [5, 5.41) is 19.2. The van der Waals surface area contributed by atoms with Crippen molar-refractivity contribution in [3.63, 3.8) is 0 Å². The fraction of sp³-hybridized carbons (Fsp3) is 0.143. The van der Waals surface area contributed by atoms with Crippen molar-refractivity contribution in [2.75, 3.05) is 7.11 Å². The zero-order chi connectivity index (χ0) is 16.2. The lowest BCUT2D eigenvalue weighted by atomic mass is 10.2. The van der Waals surface area contributed by atoms with Crippen molar-refractivity contribution in [1.29, 1.82) is 0 Å². The van der Waals surface area contributed by atoms with Crippen molar-refractivity contribution in [2.24, 2.45) is 0 Å². The first-order valence-corrected chi connectivity index (χ1v) is 8.30. The molecule has 0 unspecified atom stereocenters. The molecule has 0 fully saturated rings. The van der Waals surface area contributed by atoms with Crippen LogP contribution >= 0.6 is 23.1 Å². The van der Waals surface area contributed by atoms with Gasteiger partial charge in [-0.1, -0.05) is 35.2 Å². The van der Waals surface area contributed by atoms with Crippen LogP contribution in [0.2, 0.25) is 0 Å². The molecule has 0 saturated carbocycles. The van der Waals surface area contributed by atoms with Gasteiger partial charge in [-0.3, -0.25) is 10.1 Å². The summed E-state index contributed by atoms with van der Waals surface area (Å²) in [7, 11) is 1.63. The highest BCUT2D eigenvalue weighted by Gasteiger charge is 2.16. The van der Waals surface area contributed by atoms with Crippen molar-refractivity contribution >= 4 is 29.0 Å². The van der Waals surface area contributed by atoms with Crippen LogP contribution < -0.4 is 4.74 Å². The van der Waals surface area contributed by atoms with Gasteiger partial charge in [0.25, 0.3) is 0 Å². The molecule has 2 aromatic heterocycles. The molecule has 0 atom stereocenters. The minimum atomic E-state index is -0.579. The number of nitrogens with zero attached hydrogens (tertiary/aromatic N) is 3. The van der Waals surface area contributed by atoms with E-state index in [1.807, 2.05) is 24.3 Å². The van der Waals surface area contributed by atoms with E-state index in [1.54, 1.807) is 18.9 Å². The van der Waals surface area contributed by atoms with Crippen molar-refractivity contribution in [2.45, 2.75) is 10.1 Å². The van der Waals surface area contributed by atoms with E-state index in [9.17, 15) is 10.1 Å². The Kier molecular flexibility index (Phi) is 4.58. The third kappa shape index (κ3) is 3.69. The molecule has 0 bridgehead atoms. The van der Waals surface area contributed by atoms with Crippen LogP contribution in [-0.4, -0.2) is 22.2 Å². The highest BCUT2D eigenvalue weighted by atomic mass is 32.2. The van der Waals surface area contributed by atoms with Gasteiger partial charge >= 0.3 is 5.88 Å². The first-order valence-electron chi connectivity index (χ1n) is 6.49. The molecule has 0 N–H and O–H groups in total. The Balaban J connectivity index is 1.65. The monoisotopic (exact) mass is 349 g/mol. The van der Waals surface area contributed by atoms with Crippen molar-refractivity contribution in [3.8, 4) is 16.5 Å². The fourth-order valence-electron chi connectivity index (χ4n) is 1.78. The van der Waals surface area contributed by atoms with E-state index >= 15 is 0 Å². The van der Waals surface area contributed by atoms with Gasteiger partial charge in [0.05, 0.1) is 13.2 Å². The maximum absolute atomic E-state index is 10.6. The van der Waals surface area contributed by atoms with Gasteiger partial charge < -0.3 is 9.15 Å². The minimum absolute atomic E-state index is 0.303. The molecule has 0 radical (unpaired) electrons. The van der Waals surface area contributed by atoms with Crippen molar-refractivity contribution < 1.29 is 14.1 Å². The molecule has 3 aromatic rings. The number of benzene rings is 1. The zero-order valence-electron chi connectivity index (χ0n) is 12.0. The van der Waals surface area contributed by atoms with Crippen molar-refractivity contribution in [3.05, 3.63) is 52.1 Å². The molecule has 118 valence electrons. The maximum Gasteiger partial charge on any atom is 0.433 e. The average molecular weight is 349 g/mol. The van der Waals surface area contributed by atoms with E-state index in [0.717, 1.165) is 21.4 Å². The van der Waals surface area contributed by atoms with Gasteiger partial charge in [-0.05, 0) is 23.8 Å². The van der Waals surface area contributed by atoms with Gasteiger partial charge in [0.1, 0.15) is 10.7 Å². The SMILES string of the molecule is COc1ccc(CSc2nnc(-c3ccc([N+](=O)[O-])o3)s2)cc1. The normalized spacial score (nSPS) is 10.7. The fourth-order valence-corrected chi connectivity index (χ4v) is 3.54. The molecule has 0 saturated heterocycles. The molecule has 1 aromatic carbocycles. The topological polar surface area (TPSA) is 91.3 Å². The van der Waals surface area contributed by atoms with Crippen LogP contribution in [0.1, 0.15) is 5.56 Å². The zero-order valence-corrected chi connectivity index (χ0v) is 13.6. The Morgan fingerprint density at radius 1 is 1.26 bits per heavy atom. The number of methoxy groups -OCH3 is 1. The number of ether oxygens (including phenoxy) is 1. The summed E-state index contributed by atoms with van der Waals surface area (Å²) in [6.07, 6.45) is 0. The van der Waals surface area contributed by atoms with Gasteiger partial charge in [-0.15, -0.1) is 10.2 Å². The summed E-state index contributed by atoms with van der Waals surface area (Å²) in [5.41, 5.74) is 1.14. The maximum atomic E-state index is 10.6. The largest absolute Gasteiger partial charge is 0.497 e. The lowest BCUT2D eigenvalue weighted by Crippen LogP contribution is -1.84. The molecule has 2 heterocycles. The van der Waals surface area contributed by atoms with Gasteiger partial charge in [0.15, 0.2) is 15.1 Å². The van der Waals surface area contributed by atoms with E-state index in [-0.39, 0.29) is 5.88 Å². The van der Waals surface area contributed by atoms with Gasteiger partial charge in [0, 0.05) is 5.75 Å². The molecule has 23 heavy (non-hydrogen) atoms. The lowest BCUT2D eigenvalue weighted by Gasteiger charge is -2.01. The van der Waals surface area contributed by atoms with Crippen LogP contribution in [-0.2, 0) is 5.75 Å². The molecular weight excluding hydrogens is 338 g/mol. The number of aromatic nitrogens is 2. The standard InChI is InChI=1S/C14H11N3O4S2/c1-20-10-4-2-9(3-5-10)8-22-14-16-15-13(23-14)11-6-7-12(21-11)17(18)19/h2-7H,8H2,1H3. The van der Waals surface area contributed by atoms with E-state index < -0.39 is 4.92 Å². The predicted octanol–water partition coefficient (Wildman–Crippen LogP) is 4.01. The second kappa shape index (κ2) is 6.80. The molecule has 0 aliphatic carbocycles. The summed E-state index contributed by atoms with van der Waals surface area (Å²) in [4.78, 5) is 10.0. The predicted molar refractivity (Wildman–Crippen MR) is 86.8 cm³/mol. The summed E-state index contributed by atoms with van der Waals surface area (Å²) in [6, 6.07) is 10.6. The summed E-state index contributed by atoms with van der Waals surface area (Å²) >= 11 is 2.88. The van der Waals surface area contributed by atoms with E-state index in [1.165, 1.54) is 23.5 Å². The first-order chi connectivity index (χ1) is 11.2. The average Bonchev–Trinajstić information content (AvgIpc) is 3.22. The molecule has 3 rings (SSSR count). The van der Waals surface area contributed by atoms with Crippen LogP contribution in [0.25, 0.3) is 10.8 Å². The number of furan rings is 1. The van der Waals surface area contributed by atoms with E-state index in [4.69, 9.17) is 9.15 Å². The third-order valence-corrected chi connectivity index (χ3v) is 5.05. The number of rotatable bonds is 6. The van der Waals surface area contributed by atoms with Gasteiger partial charge in [0.2, 0.25) is 0 Å². The third-order valence-electron chi connectivity index (χ3n) is 2.91. The molecule has 0 spiro atoms. The first kappa shape index (κ1) is 15.5. The number of thioether (sulfide) groups is 1. The van der Waals surface area contributed by atoms with Crippen molar-refractivity contribution in [1.82, 2.24) is 10.2 Å². The Hall–Kier alpha value is -2.39. The molecule has 0 amide bonds. The summed E-state index contributed by atoms with van der Waals surface area (Å²) in [6.45, 7) is 0. The van der Waals surface area contributed by atoms with Gasteiger partial charge in [-0.25, -0.2) is 0 Å². The Labute approximate surface area is 139 Å². The number of hydrogen-bond acceptors (Lipinski definition) is 8. The second-order valence-corrected chi connectivity index (χ2v) is 6.60. The number of nitro groups is 1. The summed E-state index contributed by atoms with van der Waals surface area (Å²) < 4.78 is 11.0. The lowest BCUT2D eigenvalue weighted by molar-refractivity contribution is -0.401. The Morgan fingerprint density at radius 3 is 2.70 bits per heavy atom. The minimum Gasteiger partial charge on any atom is -0.497 e. The van der Waals surface area contributed by atoms with Crippen LogP contribution in [0.5, 0.6) is 5.75 Å². The molecule has 0 aliphatic rings. The van der Waals surface area contributed by atoms with Crippen LogP contribution in [0, 0.1) is 10.1 Å². The molecular formula is C14H11N3O4S2. The molecule has 0 aliphatic heterocycles. The van der Waals surface area contributed by atoms with E-state index in [2.05, 4.69) is 10.2 Å². The Bertz CT molecular complexity index is 814. The van der Waals surface area contributed by atoms with Crippen LogP contribution in [0.4, 0.5) is 5.88 Å². The molecule has 9 heteroatoms. The second-order valence-electron chi connectivity index (χ2n) is 4.40. The van der Waals surface area contributed by atoms with Crippen LogP contribution in [0.15, 0.2) is 45.2 Å². The van der Waals surface area contributed by atoms with Gasteiger partial charge in [-0.2, -0.15) is 0 Å². The smallest absolute Gasteiger partial charge is 0.433 e. The number of hydrogen-bond donors (Lipinski definition) is 0. The van der Waals surface area contributed by atoms with Crippen LogP contribution in [0.3, 0.4) is 0 Å². The highest BCUT2D eigenvalue weighted by molar-refractivity contribution is 8.00. The van der Waals surface area contributed by atoms with E-state index in [0.29, 0.717) is 10.8 Å². The Morgan fingerprint density at radius 2 is 2.04 bits per heavy atom. The highest BCUT2D eigenvalue weighted by Crippen LogP contribution is 2.33. The summed E-state index contributed by atoms with van der Waals surface area (Å²) in [5.74, 6) is 1.61. The quantitative estimate of drug-likeness (QED) is 0.377. The molecule has 7 nitrogen and oxygen atoms in total.